The third-order valence-electron chi connectivity index (χ3n) is 2.78. The van der Waals surface area contributed by atoms with E-state index in [9.17, 15) is 4.21 Å². The van der Waals surface area contributed by atoms with E-state index in [0.29, 0.717) is 5.92 Å². The first-order chi connectivity index (χ1) is 9.26. The molecule has 1 aliphatic heterocycles. The van der Waals surface area contributed by atoms with Gasteiger partial charge in [-0.1, -0.05) is 34.1 Å². The molecule has 0 spiro atoms. The van der Waals surface area contributed by atoms with E-state index in [1.54, 1.807) is 0 Å². The fraction of sp³-hybridized carbons (Fsp3) is 0.800. The lowest BCUT2D eigenvalue weighted by Gasteiger charge is -2.31. The highest BCUT2D eigenvalue weighted by atomic mass is 32.2. The average Bonchev–Trinajstić information content (AvgIpc) is 2.35. The lowest BCUT2D eigenvalue weighted by Crippen LogP contribution is -2.42. The summed E-state index contributed by atoms with van der Waals surface area (Å²) < 4.78 is 14.3. The van der Waals surface area contributed by atoms with Crippen LogP contribution in [-0.2, 0) is 11.0 Å². The Bertz CT molecular complexity index is 387. The molecular weight excluding hydrogens is 270 g/mol. The molecule has 0 aromatic carbocycles. The summed E-state index contributed by atoms with van der Waals surface area (Å²) in [5, 5.41) is 0. The Labute approximate surface area is 127 Å². The van der Waals surface area contributed by atoms with Gasteiger partial charge in [0.15, 0.2) is 11.0 Å². The molecule has 1 atom stereocenters. The standard InChI is InChI=1S/C12H23N3OS.C3H8/c1-9(2)12-13-10(3)11(4)17(16)15(12)8-7-14(5)6;1-3-2/h9H,7-8H2,1-6H3;3H2,1-2H3. The van der Waals surface area contributed by atoms with Crippen LogP contribution in [0.1, 0.15) is 48.0 Å². The van der Waals surface area contributed by atoms with Gasteiger partial charge in [-0.05, 0) is 27.9 Å². The zero-order chi connectivity index (χ0) is 15.9. The van der Waals surface area contributed by atoms with Gasteiger partial charge in [0, 0.05) is 19.0 Å². The molecule has 0 aliphatic carbocycles. The second kappa shape index (κ2) is 9.29. The number of nitrogens with zero attached hydrogens (tertiary/aromatic N) is 3. The van der Waals surface area contributed by atoms with Crippen LogP contribution in [0.5, 0.6) is 0 Å². The summed E-state index contributed by atoms with van der Waals surface area (Å²) >= 11 is 0. The third kappa shape index (κ3) is 5.75. The van der Waals surface area contributed by atoms with Crippen LogP contribution in [0, 0.1) is 5.92 Å². The van der Waals surface area contributed by atoms with Gasteiger partial charge < -0.3 is 4.90 Å². The summed E-state index contributed by atoms with van der Waals surface area (Å²) in [4.78, 5) is 7.54. The Kier molecular flexibility index (Phi) is 8.98. The minimum Gasteiger partial charge on any atom is -0.308 e. The molecule has 1 aliphatic rings. The molecule has 0 saturated heterocycles. The van der Waals surface area contributed by atoms with Gasteiger partial charge in [0.05, 0.1) is 10.6 Å². The molecule has 20 heavy (non-hydrogen) atoms. The number of hydrogen-bond acceptors (Lipinski definition) is 3. The summed E-state index contributed by atoms with van der Waals surface area (Å²) in [6, 6.07) is 0. The van der Waals surface area contributed by atoms with E-state index in [4.69, 9.17) is 0 Å². The summed E-state index contributed by atoms with van der Waals surface area (Å²) in [7, 11) is 2.98. The van der Waals surface area contributed by atoms with Crippen LogP contribution in [0.2, 0.25) is 0 Å². The van der Waals surface area contributed by atoms with Crippen LogP contribution < -0.4 is 0 Å². The third-order valence-corrected chi connectivity index (χ3v) is 4.37. The molecule has 0 saturated carbocycles. The lowest BCUT2D eigenvalue weighted by molar-refractivity contribution is 0.382. The topological polar surface area (TPSA) is 35.9 Å². The minimum atomic E-state index is -1.06. The summed E-state index contributed by atoms with van der Waals surface area (Å²) in [6.07, 6.45) is 1.25. The van der Waals surface area contributed by atoms with Crippen molar-refractivity contribution in [2.24, 2.45) is 10.9 Å². The fourth-order valence-corrected chi connectivity index (χ4v) is 2.89. The van der Waals surface area contributed by atoms with Crippen LogP contribution in [-0.4, -0.2) is 46.4 Å². The normalized spacial score (nSPS) is 19.2. The Balaban J connectivity index is 0.00000110. The maximum Gasteiger partial charge on any atom is 0.151 e. The van der Waals surface area contributed by atoms with E-state index < -0.39 is 11.0 Å². The van der Waals surface area contributed by atoms with E-state index in [2.05, 4.69) is 37.6 Å². The van der Waals surface area contributed by atoms with Crippen LogP contribution in [0.15, 0.2) is 15.6 Å². The number of hydrogen-bond donors (Lipinski definition) is 0. The predicted octanol–water partition coefficient (Wildman–Crippen LogP) is 3.25. The van der Waals surface area contributed by atoms with Gasteiger partial charge in [-0.15, -0.1) is 0 Å². The van der Waals surface area contributed by atoms with Gasteiger partial charge in [0.2, 0.25) is 0 Å². The van der Waals surface area contributed by atoms with Gasteiger partial charge in [-0.3, -0.25) is 4.31 Å². The molecule has 5 heteroatoms. The van der Waals surface area contributed by atoms with Crippen LogP contribution in [0.25, 0.3) is 0 Å². The lowest BCUT2D eigenvalue weighted by atomic mass is 10.2. The largest absolute Gasteiger partial charge is 0.308 e. The number of allylic oxidation sites excluding steroid dienone is 2. The number of aliphatic imine (C=N–C) groups is 1. The molecule has 0 aromatic heterocycles. The second-order valence-electron chi connectivity index (χ2n) is 5.63. The van der Waals surface area contributed by atoms with Gasteiger partial charge in [-0.25, -0.2) is 9.20 Å². The van der Waals surface area contributed by atoms with Crippen molar-refractivity contribution >= 4 is 16.8 Å². The van der Waals surface area contributed by atoms with Gasteiger partial charge >= 0.3 is 0 Å². The van der Waals surface area contributed by atoms with Gasteiger partial charge in [-0.2, -0.15) is 0 Å². The summed E-state index contributed by atoms with van der Waals surface area (Å²) in [6.45, 7) is 13.9. The zero-order valence-corrected chi connectivity index (χ0v) is 15.2. The quantitative estimate of drug-likeness (QED) is 0.799. The molecule has 1 rings (SSSR count). The van der Waals surface area contributed by atoms with Crippen LogP contribution in [0.4, 0.5) is 0 Å². The summed E-state index contributed by atoms with van der Waals surface area (Å²) in [5.74, 6) is 1.23. The van der Waals surface area contributed by atoms with E-state index in [1.807, 2.05) is 32.2 Å². The molecule has 118 valence electrons. The summed E-state index contributed by atoms with van der Waals surface area (Å²) in [5.41, 5.74) is 0.896. The van der Waals surface area contributed by atoms with Crippen molar-refractivity contribution in [3.63, 3.8) is 0 Å². The van der Waals surface area contributed by atoms with Crippen molar-refractivity contribution in [2.45, 2.75) is 48.0 Å². The maximum absolute atomic E-state index is 12.3. The highest BCUT2D eigenvalue weighted by molar-refractivity contribution is 7.87. The van der Waals surface area contributed by atoms with Gasteiger partial charge in [0.1, 0.15) is 5.84 Å². The van der Waals surface area contributed by atoms with E-state index in [0.717, 1.165) is 29.5 Å². The van der Waals surface area contributed by atoms with E-state index in [1.165, 1.54) is 6.42 Å². The molecule has 1 unspecified atom stereocenters. The Morgan fingerprint density at radius 2 is 1.75 bits per heavy atom. The molecule has 0 radical (unpaired) electrons. The molecule has 0 N–H and O–H groups in total. The van der Waals surface area contributed by atoms with Crippen molar-refractivity contribution < 1.29 is 4.21 Å². The monoisotopic (exact) mass is 301 g/mol. The van der Waals surface area contributed by atoms with Crippen LogP contribution in [0.3, 0.4) is 0 Å². The molecule has 0 aromatic rings. The van der Waals surface area contributed by atoms with E-state index in [-0.39, 0.29) is 0 Å². The fourth-order valence-electron chi connectivity index (χ4n) is 1.59. The molecule has 0 amide bonds. The van der Waals surface area contributed by atoms with Crippen LogP contribution >= 0.6 is 0 Å². The SMILES string of the molecule is CC1=C(C)S(=O)N(CCN(C)C)C(C(C)C)=N1.CCC. The smallest absolute Gasteiger partial charge is 0.151 e. The Morgan fingerprint density at radius 1 is 1.25 bits per heavy atom. The average molecular weight is 302 g/mol. The Hall–Kier alpha value is -0.680. The van der Waals surface area contributed by atoms with Crippen molar-refractivity contribution in [3.8, 4) is 0 Å². The minimum absolute atomic E-state index is 0.296. The highest BCUT2D eigenvalue weighted by Gasteiger charge is 2.26. The second-order valence-corrected chi connectivity index (χ2v) is 7.18. The highest BCUT2D eigenvalue weighted by Crippen LogP contribution is 2.22. The molecule has 0 fully saturated rings. The van der Waals surface area contributed by atoms with Crippen molar-refractivity contribution in [1.82, 2.24) is 9.21 Å². The molecule has 1 heterocycles. The van der Waals surface area contributed by atoms with Crippen molar-refractivity contribution in [2.75, 3.05) is 27.2 Å². The number of amidine groups is 1. The van der Waals surface area contributed by atoms with Crippen molar-refractivity contribution in [3.05, 3.63) is 10.6 Å². The Morgan fingerprint density at radius 3 is 2.15 bits per heavy atom. The van der Waals surface area contributed by atoms with Gasteiger partial charge in [0.25, 0.3) is 0 Å². The van der Waals surface area contributed by atoms with Crippen molar-refractivity contribution in [1.29, 1.82) is 0 Å². The molecular formula is C15H31N3OS. The zero-order valence-electron chi connectivity index (χ0n) is 14.4. The number of rotatable bonds is 4. The van der Waals surface area contributed by atoms with E-state index >= 15 is 0 Å². The maximum atomic E-state index is 12.3. The number of likely N-dealkylation sites (N-methyl/N-ethyl adjacent to an activating group) is 1. The predicted molar refractivity (Wildman–Crippen MR) is 90.0 cm³/mol. The molecule has 4 nitrogen and oxygen atoms in total. The molecule has 0 bridgehead atoms. The first-order valence-corrected chi connectivity index (χ1v) is 8.47. The first-order valence-electron chi connectivity index (χ1n) is 7.36. The first kappa shape index (κ1) is 19.3.